The van der Waals surface area contributed by atoms with Gasteiger partial charge in [-0.05, 0) is 31.5 Å². The van der Waals surface area contributed by atoms with E-state index in [0.717, 1.165) is 31.1 Å². The zero-order chi connectivity index (χ0) is 15.6. The van der Waals surface area contributed by atoms with Crippen LogP contribution in [0.2, 0.25) is 0 Å². The van der Waals surface area contributed by atoms with Crippen LogP contribution in [-0.4, -0.2) is 61.3 Å². The minimum Gasteiger partial charge on any atom is -0.486 e. The third-order valence-corrected chi connectivity index (χ3v) is 4.92. The van der Waals surface area contributed by atoms with Gasteiger partial charge < -0.3 is 19.7 Å². The van der Waals surface area contributed by atoms with Crippen LogP contribution in [0.15, 0.2) is 18.2 Å². The molecule has 0 spiro atoms. The molecule has 3 aliphatic rings. The second-order valence-electron chi connectivity index (χ2n) is 6.42. The molecule has 1 aromatic carbocycles. The fraction of sp³-hybridized carbons (Fsp3) is 0.588. The Bertz CT molecular complexity index is 592. The van der Waals surface area contributed by atoms with Crippen LogP contribution in [-0.2, 0) is 0 Å². The van der Waals surface area contributed by atoms with Crippen molar-refractivity contribution in [1.82, 2.24) is 9.80 Å². The first-order valence-corrected chi connectivity index (χ1v) is 8.49. The average molecular weight is 317 g/mol. The van der Waals surface area contributed by atoms with E-state index in [-0.39, 0.29) is 6.03 Å². The Hall–Kier alpha value is -1.95. The summed E-state index contributed by atoms with van der Waals surface area (Å²) in [6.07, 6.45) is 3.77. The van der Waals surface area contributed by atoms with Crippen molar-refractivity contribution in [3.05, 3.63) is 18.2 Å². The molecule has 3 aliphatic heterocycles. The number of amides is 2. The van der Waals surface area contributed by atoms with Gasteiger partial charge in [0, 0.05) is 37.4 Å². The van der Waals surface area contributed by atoms with Crippen LogP contribution >= 0.6 is 0 Å². The smallest absolute Gasteiger partial charge is 0.321 e. The molecule has 6 nitrogen and oxygen atoms in total. The van der Waals surface area contributed by atoms with Crippen molar-refractivity contribution >= 4 is 11.7 Å². The second kappa shape index (κ2) is 6.28. The first kappa shape index (κ1) is 14.6. The van der Waals surface area contributed by atoms with E-state index >= 15 is 0 Å². The van der Waals surface area contributed by atoms with E-state index in [9.17, 15) is 4.79 Å². The number of nitrogens with zero attached hydrogens (tertiary/aromatic N) is 2. The Balaban J connectivity index is 1.39. The second-order valence-corrected chi connectivity index (χ2v) is 6.42. The molecule has 2 amide bonds. The number of rotatable bonds is 1. The fourth-order valence-electron chi connectivity index (χ4n) is 3.66. The summed E-state index contributed by atoms with van der Waals surface area (Å²) in [5.74, 6) is 1.44. The molecule has 1 aromatic rings. The van der Waals surface area contributed by atoms with Crippen molar-refractivity contribution in [2.45, 2.75) is 25.3 Å². The SMILES string of the molecule is O=C(Nc1ccc2c(c1)OCCO2)N1CCN2CCCC[C@@H]2C1. The Morgan fingerprint density at radius 1 is 1.09 bits per heavy atom. The third-order valence-electron chi connectivity index (χ3n) is 4.92. The molecule has 0 saturated carbocycles. The number of nitrogens with one attached hydrogen (secondary N) is 1. The number of benzene rings is 1. The topological polar surface area (TPSA) is 54.0 Å². The van der Waals surface area contributed by atoms with E-state index in [0.29, 0.717) is 25.0 Å². The molecular weight excluding hydrogens is 294 g/mol. The molecular formula is C17H23N3O3. The number of carbonyl (C=O) groups is 1. The highest BCUT2D eigenvalue weighted by atomic mass is 16.6. The van der Waals surface area contributed by atoms with Gasteiger partial charge in [-0.15, -0.1) is 0 Å². The van der Waals surface area contributed by atoms with Gasteiger partial charge in [0.1, 0.15) is 13.2 Å². The molecule has 0 bridgehead atoms. The maximum absolute atomic E-state index is 12.5. The Morgan fingerprint density at radius 3 is 2.87 bits per heavy atom. The van der Waals surface area contributed by atoms with Crippen molar-refractivity contribution in [1.29, 1.82) is 0 Å². The third kappa shape index (κ3) is 3.08. The van der Waals surface area contributed by atoms with Crippen LogP contribution in [0.5, 0.6) is 11.5 Å². The van der Waals surface area contributed by atoms with Crippen molar-refractivity contribution in [3.63, 3.8) is 0 Å². The van der Waals surface area contributed by atoms with Gasteiger partial charge in [0.05, 0.1) is 0 Å². The number of hydrogen-bond acceptors (Lipinski definition) is 4. The van der Waals surface area contributed by atoms with E-state index in [1.165, 1.54) is 25.8 Å². The van der Waals surface area contributed by atoms with E-state index < -0.39 is 0 Å². The molecule has 1 atom stereocenters. The molecule has 0 aliphatic carbocycles. The van der Waals surface area contributed by atoms with Gasteiger partial charge >= 0.3 is 6.03 Å². The van der Waals surface area contributed by atoms with Gasteiger partial charge in [-0.2, -0.15) is 0 Å². The van der Waals surface area contributed by atoms with E-state index in [1.807, 2.05) is 23.1 Å². The Morgan fingerprint density at radius 2 is 1.96 bits per heavy atom. The number of carbonyl (C=O) groups excluding carboxylic acids is 1. The van der Waals surface area contributed by atoms with Gasteiger partial charge in [0.2, 0.25) is 0 Å². The molecule has 0 unspecified atom stereocenters. The summed E-state index contributed by atoms with van der Waals surface area (Å²) >= 11 is 0. The first-order chi connectivity index (χ1) is 11.3. The summed E-state index contributed by atoms with van der Waals surface area (Å²) < 4.78 is 11.1. The lowest BCUT2D eigenvalue weighted by Gasteiger charge is -2.43. The zero-order valence-corrected chi connectivity index (χ0v) is 13.3. The van der Waals surface area contributed by atoms with Crippen molar-refractivity contribution in [2.24, 2.45) is 0 Å². The van der Waals surface area contributed by atoms with Gasteiger partial charge in [0.15, 0.2) is 11.5 Å². The molecule has 4 rings (SSSR count). The number of piperazine rings is 1. The normalized spacial score (nSPS) is 24.0. The monoisotopic (exact) mass is 317 g/mol. The van der Waals surface area contributed by atoms with E-state index in [4.69, 9.17) is 9.47 Å². The van der Waals surface area contributed by atoms with Crippen molar-refractivity contribution in [2.75, 3.05) is 44.7 Å². The maximum Gasteiger partial charge on any atom is 0.321 e. The number of ether oxygens (including phenoxy) is 2. The average Bonchev–Trinajstić information content (AvgIpc) is 2.61. The van der Waals surface area contributed by atoms with Crippen LogP contribution in [0.25, 0.3) is 0 Å². The van der Waals surface area contributed by atoms with Gasteiger partial charge in [-0.25, -0.2) is 4.79 Å². The van der Waals surface area contributed by atoms with E-state index in [1.54, 1.807) is 0 Å². The van der Waals surface area contributed by atoms with Gasteiger partial charge in [-0.1, -0.05) is 6.42 Å². The molecule has 0 aromatic heterocycles. The predicted octanol–water partition coefficient (Wildman–Crippen LogP) is 2.16. The highest BCUT2D eigenvalue weighted by Crippen LogP contribution is 2.32. The van der Waals surface area contributed by atoms with Crippen LogP contribution in [0.3, 0.4) is 0 Å². The summed E-state index contributed by atoms with van der Waals surface area (Å²) in [6.45, 7) is 4.92. The standard InChI is InChI=1S/C17H23N3O3/c21-17(20-8-7-19-6-2-1-3-14(19)12-20)18-13-4-5-15-16(11-13)23-10-9-22-15/h4-5,11,14H,1-3,6-10,12H2,(H,18,21)/t14-/m1/s1. The van der Waals surface area contributed by atoms with Crippen LogP contribution in [0.1, 0.15) is 19.3 Å². The minimum atomic E-state index is -0.0214. The highest BCUT2D eigenvalue weighted by Gasteiger charge is 2.31. The summed E-state index contributed by atoms with van der Waals surface area (Å²) in [5.41, 5.74) is 0.755. The molecule has 2 saturated heterocycles. The largest absolute Gasteiger partial charge is 0.486 e. The number of hydrogen-bond donors (Lipinski definition) is 1. The van der Waals surface area contributed by atoms with E-state index in [2.05, 4.69) is 10.2 Å². The molecule has 124 valence electrons. The zero-order valence-electron chi connectivity index (χ0n) is 13.3. The number of urea groups is 1. The van der Waals surface area contributed by atoms with Crippen LogP contribution in [0, 0.1) is 0 Å². The highest BCUT2D eigenvalue weighted by molar-refractivity contribution is 5.89. The lowest BCUT2D eigenvalue weighted by molar-refractivity contribution is 0.0678. The molecule has 1 N–H and O–H groups in total. The quantitative estimate of drug-likeness (QED) is 0.862. The van der Waals surface area contributed by atoms with Gasteiger partial charge in [-0.3, -0.25) is 4.90 Å². The summed E-state index contributed by atoms with van der Waals surface area (Å²) in [6, 6.07) is 6.06. The number of piperidine rings is 1. The van der Waals surface area contributed by atoms with Crippen LogP contribution in [0.4, 0.5) is 10.5 Å². The summed E-state index contributed by atoms with van der Waals surface area (Å²) in [7, 11) is 0. The molecule has 6 heteroatoms. The van der Waals surface area contributed by atoms with Crippen molar-refractivity contribution in [3.8, 4) is 11.5 Å². The first-order valence-electron chi connectivity index (χ1n) is 8.49. The molecule has 3 heterocycles. The molecule has 23 heavy (non-hydrogen) atoms. The summed E-state index contributed by atoms with van der Waals surface area (Å²) in [5, 5.41) is 2.99. The van der Waals surface area contributed by atoms with Gasteiger partial charge in [0.25, 0.3) is 0 Å². The Labute approximate surface area is 136 Å². The lowest BCUT2D eigenvalue weighted by Crippen LogP contribution is -2.56. The molecule has 0 radical (unpaired) electrons. The van der Waals surface area contributed by atoms with Crippen molar-refractivity contribution < 1.29 is 14.3 Å². The molecule has 2 fully saturated rings. The van der Waals surface area contributed by atoms with Crippen LogP contribution < -0.4 is 14.8 Å². The number of anilines is 1. The minimum absolute atomic E-state index is 0.0214. The predicted molar refractivity (Wildman–Crippen MR) is 87.2 cm³/mol. The summed E-state index contributed by atoms with van der Waals surface area (Å²) in [4.78, 5) is 17.0. The number of fused-ring (bicyclic) bond motifs is 2. The Kier molecular flexibility index (Phi) is 3.99. The lowest BCUT2D eigenvalue weighted by atomic mass is 10.00. The maximum atomic E-state index is 12.5. The fourth-order valence-corrected chi connectivity index (χ4v) is 3.66.